The average Bonchev–Trinajstić information content (AvgIpc) is 3.10. The van der Waals surface area contributed by atoms with E-state index >= 15 is 0 Å². The molecule has 4 saturated carbocycles. The van der Waals surface area contributed by atoms with Gasteiger partial charge in [-0.1, -0.05) is 20.3 Å². The van der Waals surface area contributed by atoms with Gasteiger partial charge < -0.3 is 9.64 Å². The Balaban J connectivity index is 1.22. The summed E-state index contributed by atoms with van der Waals surface area (Å²) in [6.07, 6.45) is 14.5. The molecular formula is C27H43NO3. The summed E-state index contributed by atoms with van der Waals surface area (Å²) >= 11 is 0. The summed E-state index contributed by atoms with van der Waals surface area (Å²) in [5.74, 6) is 3.38. The molecular weight excluding hydrogens is 386 g/mol. The lowest BCUT2D eigenvalue weighted by atomic mass is 9.45. The summed E-state index contributed by atoms with van der Waals surface area (Å²) in [4.78, 5) is 27.3. The number of ketones is 1. The molecule has 0 spiro atoms. The number of carbonyl (C=O) groups is 2. The second kappa shape index (κ2) is 8.47. The number of nitrogens with zero attached hydrogens (tertiary/aromatic N) is 1. The molecule has 0 radical (unpaired) electrons. The van der Waals surface area contributed by atoms with Crippen LogP contribution < -0.4 is 0 Å². The molecule has 1 saturated heterocycles. The smallest absolute Gasteiger partial charge is 0.307 e. The van der Waals surface area contributed by atoms with Crippen LogP contribution in [0.3, 0.4) is 0 Å². The highest BCUT2D eigenvalue weighted by atomic mass is 16.5. The van der Waals surface area contributed by atoms with Crippen LogP contribution in [0.25, 0.3) is 0 Å². The number of carbonyl (C=O) groups excluding carboxylic acids is 2. The number of rotatable bonds is 4. The van der Waals surface area contributed by atoms with E-state index in [-0.39, 0.29) is 17.5 Å². The number of piperidine rings is 1. The van der Waals surface area contributed by atoms with Crippen molar-refractivity contribution in [1.82, 2.24) is 4.90 Å². The first kappa shape index (κ1) is 21.9. The molecule has 0 amide bonds. The van der Waals surface area contributed by atoms with Crippen molar-refractivity contribution in [3.63, 3.8) is 0 Å². The van der Waals surface area contributed by atoms with E-state index < -0.39 is 0 Å². The zero-order valence-electron chi connectivity index (χ0n) is 19.9. The van der Waals surface area contributed by atoms with Gasteiger partial charge in [0.25, 0.3) is 0 Å². The van der Waals surface area contributed by atoms with Crippen molar-refractivity contribution < 1.29 is 14.3 Å². The van der Waals surface area contributed by atoms with Crippen LogP contribution in [-0.4, -0.2) is 42.4 Å². The molecule has 174 valence electrons. The molecule has 5 aliphatic rings. The summed E-state index contributed by atoms with van der Waals surface area (Å²) in [6.45, 7) is 8.10. The van der Waals surface area contributed by atoms with E-state index in [1.807, 2.05) is 0 Å². The van der Waals surface area contributed by atoms with Crippen LogP contribution in [0, 0.1) is 34.5 Å². The lowest BCUT2D eigenvalue weighted by Crippen LogP contribution is -2.54. The van der Waals surface area contributed by atoms with E-state index in [0.29, 0.717) is 29.5 Å². The average molecular weight is 430 g/mol. The third-order valence-corrected chi connectivity index (χ3v) is 10.7. The number of likely N-dealkylation sites (tertiary alicyclic amines) is 1. The first-order chi connectivity index (χ1) is 14.9. The Hall–Kier alpha value is -0.900. The monoisotopic (exact) mass is 429 g/mol. The Morgan fingerprint density at radius 3 is 2.55 bits per heavy atom. The molecule has 5 fully saturated rings. The predicted molar refractivity (Wildman–Crippen MR) is 122 cm³/mol. The maximum Gasteiger partial charge on any atom is 0.307 e. The van der Waals surface area contributed by atoms with E-state index in [2.05, 4.69) is 18.7 Å². The predicted octanol–water partition coefficient (Wildman–Crippen LogP) is 5.39. The molecule has 0 N–H and O–H groups in total. The lowest BCUT2D eigenvalue weighted by molar-refractivity contribution is -0.164. The van der Waals surface area contributed by atoms with Crippen molar-refractivity contribution in [3.05, 3.63) is 0 Å². The normalized spacial score (nSPS) is 45.5. The number of fused-ring (bicyclic) bond motifs is 5. The van der Waals surface area contributed by atoms with Crippen LogP contribution in [0.4, 0.5) is 0 Å². The van der Waals surface area contributed by atoms with Crippen molar-refractivity contribution in [2.45, 2.75) is 103 Å². The van der Waals surface area contributed by atoms with Crippen LogP contribution in [0.5, 0.6) is 0 Å². The molecule has 5 rings (SSSR count). The van der Waals surface area contributed by atoms with Gasteiger partial charge in [0.2, 0.25) is 0 Å². The molecule has 7 unspecified atom stereocenters. The van der Waals surface area contributed by atoms with Crippen molar-refractivity contribution >= 4 is 11.8 Å². The van der Waals surface area contributed by atoms with Gasteiger partial charge in [-0.15, -0.1) is 0 Å². The Morgan fingerprint density at radius 2 is 1.74 bits per heavy atom. The second-order valence-corrected chi connectivity index (χ2v) is 12.2. The summed E-state index contributed by atoms with van der Waals surface area (Å²) in [5, 5.41) is 0. The summed E-state index contributed by atoms with van der Waals surface area (Å²) in [6, 6.07) is 0. The van der Waals surface area contributed by atoms with Crippen LogP contribution in [-0.2, 0) is 14.3 Å². The van der Waals surface area contributed by atoms with Gasteiger partial charge in [-0.25, -0.2) is 0 Å². The summed E-state index contributed by atoms with van der Waals surface area (Å²) in [5.41, 5.74) is 0.525. The zero-order chi connectivity index (χ0) is 21.6. The highest BCUT2D eigenvalue weighted by molar-refractivity contribution is 5.79. The Morgan fingerprint density at radius 1 is 0.968 bits per heavy atom. The number of ether oxygens (including phenoxy) is 1. The molecule has 4 aliphatic carbocycles. The fraction of sp³-hybridized carbons (Fsp3) is 0.926. The van der Waals surface area contributed by atoms with Gasteiger partial charge in [0, 0.05) is 24.8 Å². The van der Waals surface area contributed by atoms with E-state index in [1.165, 1.54) is 51.4 Å². The third kappa shape index (κ3) is 3.89. The quantitative estimate of drug-likeness (QED) is 0.563. The van der Waals surface area contributed by atoms with Crippen molar-refractivity contribution in [1.29, 1.82) is 0 Å². The molecule has 4 heteroatoms. The fourth-order valence-corrected chi connectivity index (χ4v) is 8.84. The lowest BCUT2D eigenvalue weighted by Gasteiger charge is -2.60. The van der Waals surface area contributed by atoms with Crippen LogP contribution in [0.2, 0.25) is 0 Å². The van der Waals surface area contributed by atoms with Crippen molar-refractivity contribution in [2.75, 3.05) is 19.6 Å². The van der Waals surface area contributed by atoms with Crippen LogP contribution in [0.15, 0.2) is 0 Å². The minimum absolute atomic E-state index is 0.0287. The van der Waals surface area contributed by atoms with Gasteiger partial charge >= 0.3 is 5.97 Å². The number of hydrogen-bond acceptors (Lipinski definition) is 4. The molecule has 0 bridgehead atoms. The van der Waals surface area contributed by atoms with Crippen LogP contribution in [0.1, 0.15) is 97.3 Å². The number of hydrogen-bond donors (Lipinski definition) is 0. The van der Waals surface area contributed by atoms with E-state index in [4.69, 9.17) is 4.74 Å². The third-order valence-electron chi connectivity index (χ3n) is 10.7. The maximum absolute atomic E-state index is 12.7. The van der Waals surface area contributed by atoms with E-state index in [1.54, 1.807) is 0 Å². The molecule has 7 atom stereocenters. The Labute approximate surface area is 188 Å². The molecule has 1 heterocycles. The largest absolute Gasteiger partial charge is 0.462 e. The molecule has 31 heavy (non-hydrogen) atoms. The van der Waals surface area contributed by atoms with Gasteiger partial charge in [-0.3, -0.25) is 9.59 Å². The number of esters is 1. The molecule has 0 aromatic heterocycles. The fourth-order valence-electron chi connectivity index (χ4n) is 8.84. The van der Waals surface area contributed by atoms with Crippen LogP contribution >= 0.6 is 0 Å². The Kier molecular flexibility index (Phi) is 5.99. The molecule has 0 aromatic rings. The minimum Gasteiger partial charge on any atom is -0.462 e. The van der Waals surface area contributed by atoms with Gasteiger partial charge in [-0.05, 0) is 100.0 Å². The molecule has 1 aliphatic heterocycles. The zero-order valence-corrected chi connectivity index (χ0v) is 19.9. The van der Waals surface area contributed by atoms with Gasteiger partial charge in [0.05, 0.1) is 6.42 Å². The van der Waals surface area contributed by atoms with Crippen molar-refractivity contribution in [2.24, 2.45) is 34.5 Å². The molecule has 4 nitrogen and oxygen atoms in total. The van der Waals surface area contributed by atoms with Gasteiger partial charge in [-0.2, -0.15) is 0 Å². The van der Waals surface area contributed by atoms with Gasteiger partial charge in [0.15, 0.2) is 0 Å². The van der Waals surface area contributed by atoms with E-state index in [0.717, 1.165) is 57.2 Å². The molecule has 0 aromatic carbocycles. The SMILES string of the molecule is CC12CCC(=O)CC1CCC1C2CCC2(C)C(OC(=O)CCN3CCCCC3)CCC12. The first-order valence-corrected chi connectivity index (χ1v) is 13.3. The minimum atomic E-state index is 0.0287. The van der Waals surface area contributed by atoms with E-state index in [9.17, 15) is 9.59 Å². The Bertz CT molecular complexity index is 701. The first-order valence-electron chi connectivity index (χ1n) is 13.3. The standard InChI is InChI=1S/C27H43NO3/c1-26-13-10-20(29)18-19(26)6-7-21-22-8-9-24(27(22,2)14-11-23(21)26)31-25(30)12-17-28-15-4-3-5-16-28/h19,21-24H,3-18H2,1-2H3. The second-order valence-electron chi connectivity index (χ2n) is 12.2. The highest BCUT2D eigenvalue weighted by Gasteiger charge is 2.61. The van der Waals surface area contributed by atoms with Crippen molar-refractivity contribution in [3.8, 4) is 0 Å². The van der Waals surface area contributed by atoms with Gasteiger partial charge in [0.1, 0.15) is 11.9 Å². The maximum atomic E-state index is 12.7. The highest BCUT2D eigenvalue weighted by Crippen LogP contribution is 2.66. The summed E-state index contributed by atoms with van der Waals surface area (Å²) in [7, 11) is 0. The topological polar surface area (TPSA) is 46.6 Å². The summed E-state index contributed by atoms with van der Waals surface area (Å²) < 4.78 is 6.19. The number of Topliss-reactive ketones (excluding diaryl/α,β-unsaturated/α-hetero) is 1.